The summed E-state index contributed by atoms with van der Waals surface area (Å²) in [6, 6.07) is 12.7. The average Bonchev–Trinajstić information content (AvgIpc) is 3.28. The quantitative estimate of drug-likeness (QED) is 0.556. The molecule has 142 valence electrons. The van der Waals surface area contributed by atoms with Gasteiger partial charge >= 0.3 is 0 Å². The van der Waals surface area contributed by atoms with Crippen molar-refractivity contribution in [3.8, 4) is 0 Å². The summed E-state index contributed by atoms with van der Waals surface area (Å²) in [4.78, 5) is 12.3. The van der Waals surface area contributed by atoms with Crippen molar-refractivity contribution in [1.29, 1.82) is 0 Å². The third-order valence-corrected chi connectivity index (χ3v) is 4.56. The SMILES string of the molecule is Cc1ccc2c(cnn2CCC(=O)Nc2cnn(Cc3ccccc3F)c2)c1. The minimum Gasteiger partial charge on any atom is -0.323 e. The number of carbonyl (C=O) groups excluding carboxylic acids is 1. The second-order valence-electron chi connectivity index (χ2n) is 6.75. The zero-order valence-corrected chi connectivity index (χ0v) is 15.5. The van der Waals surface area contributed by atoms with Gasteiger partial charge in [-0.15, -0.1) is 0 Å². The van der Waals surface area contributed by atoms with E-state index in [0.29, 0.717) is 30.8 Å². The van der Waals surface area contributed by atoms with Gasteiger partial charge in [0.15, 0.2) is 0 Å². The molecule has 6 nitrogen and oxygen atoms in total. The summed E-state index contributed by atoms with van der Waals surface area (Å²) in [5, 5.41) is 12.4. The molecule has 0 aliphatic heterocycles. The van der Waals surface area contributed by atoms with Crippen molar-refractivity contribution < 1.29 is 9.18 Å². The molecule has 1 amide bonds. The van der Waals surface area contributed by atoms with Gasteiger partial charge in [0.05, 0.1) is 36.7 Å². The third kappa shape index (κ3) is 3.93. The summed E-state index contributed by atoms with van der Waals surface area (Å²) in [5.74, 6) is -0.397. The van der Waals surface area contributed by atoms with Crippen molar-refractivity contribution in [3.63, 3.8) is 0 Å². The largest absolute Gasteiger partial charge is 0.323 e. The van der Waals surface area contributed by atoms with Crippen LogP contribution in [0.4, 0.5) is 10.1 Å². The van der Waals surface area contributed by atoms with Crippen molar-refractivity contribution in [2.24, 2.45) is 0 Å². The highest BCUT2D eigenvalue weighted by molar-refractivity contribution is 5.90. The number of aromatic nitrogens is 4. The highest BCUT2D eigenvalue weighted by atomic mass is 19.1. The van der Waals surface area contributed by atoms with Crippen molar-refractivity contribution in [1.82, 2.24) is 19.6 Å². The van der Waals surface area contributed by atoms with Gasteiger partial charge < -0.3 is 5.32 Å². The molecule has 0 aliphatic rings. The van der Waals surface area contributed by atoms with E-state index in [1.54, 1.807) is 35.3 Å². The van der Waals surface area contributed by atoms with Gasteiger partial charge in [-0.3, -0.25) is 14.2 Å². The predicted molar refractivity (Wildman–Crippen MR) is 105 cm³/mol. The van der Waals surface area contributed by atoms with E-state index in [0.717, 1.165) is 10.9 Å². The van der Waals surface area contributed by atoms with Gasteiger partial charge in [-0.25, -0.2) is 4.39 Å². The molecule has 4 rings (SSSR count). The molecule has 28 heavy (non-hydrogen) atoms. The lowest BCUT2D eigenvalue weighted by atomic mass is 10.2. The van der Waals surface area contributed by atoms with Gasteiger partial charge in [0, 0.05) is 23.6 Å². The zero-order valence-electron chi connectivity index (χ0n) is 15.5. The molecule has 0 radical (unpaired) electrons. The summed E-state index contributed by atoms with van der Waals surface area (Å²) in [6.07, 6.45) is 5.36. The number of hydrogen-bond donors (Lipinski definition) is 1. The van der Waals surface area contributed by atoms with Crippen LogP contribution in [0.2, 0.25) is 0 Å². The highest BCUT2D eigenvalue weighted by Crippen LogP contribution is 2.16. The first-order valence-corrected chi connectivity index (χ1v) is 9.06. The van der Waals surface area contributed by atoms with Crippen LogP contribution >= 0.6 is 0 Å². The average molecular weight is 377 g/mol. The molecule has 2 aromatic heterocycles. The van der Waals surface area contributed by atoms with Gasteiger partial charge in [0.25, 0.3) is 0 Å². The summed E-state index contributed by atoms with van der Waals surface area (Å²) in [6.45, 7) is 2.83. The molecule has 2 aromatic carbocycles. The first-order chi connectivity index (χ1) is 13.6. The number of rotatable bonds is 6. The first kappa shape index (κ1) is 17.9. The molecule has 0 fully saturated rings. The number of hydrogen-bond acceptors (Lipinski definition) is 3. The van der Waals surface area contributed by atoms with Crippen LogP contribution in [-0.2, 0) is 17.9 Å². The minimum absolute atomic E-state index is 0.124. The fourth-order valence-corrected chi connectivity index (χ4v) is 3.13. The number of anilines is 1. The van der Waals surface area contributed by atoms with Gasteiger partial charge in [0.1, 0.15) is 5.82 Å². The van der Waals surface area contributed by atoms with Crippen LogP contribution in [-0.4, -0.2) is 25.5 Å². The van der Waals surface area contributed by atoms with Crippen LogP contribution in [0.3, 0.4) is 0 Å². The molecular weight excluding hydrogens is 357 g/mol. The molecule has 0 bridgehead atoms. The molecule has 0 atom stereocenters. The Bertz CT molecular complexity index is 1130. The maximum absolute atomic E-state index is 13.7. The topological polar surface area (TPSA) is 64.7 Å². The van der Waals surface area contributed by atoms with Gasteiger partial charge in [-0.2, -0.15) is 10.2 Å². The summed E-state index contributed by atoms with van der Waals surface area (Å²) in [7, 11) is 0. The smallest absolute Gasteiger partial charge is 0.226 e. The lowest BCUT2D eigenvalue weighted by molar-refractivity contribution is -0.116. The molecule has 1 N–H and O–H groups in total. The molecule has 0 saturated carbocycles. The Labute approximate surface area is 161 Å². The number of nitrogens with one attached hydrogen (secondary N) is 1. The molecule has 0 saturated heterocycles. The lowest BCUT2D eigenvalue weighted by Crippen LogP contribution is -2.14. The second kappa shape index (κ2) is 7.64. The van der Waals surface area contributed by atoms with Crippen LogP contribution in [0, 0.1) is 12.7 Å². The van der Waals surface area contributed by atoms with E-state index in [1.807, 2.05) is 29.9 Å². The molecule has 2 heterocycles. The Balaban J connectivity index is 1.35. The number of nitrogens with zero attached hydrogens (tertiary/aromatic N) is 4. The maximum atomic E-state index is 13.7. The lowest BCUT2D eigenvalue weighted by Gasteiger charge is -2.05. The fourth-order valence-electron chi connectivity index (χ4n) is 3.13. The second-order valence-corrected chi connectivity index (χ2v) is 6.75. The van der Waals surface area contributed by atoms with Gasteiger partial charge in [-0.05, 0) is 25.1 Å². The maximum Gasteiger partial charge on any atom is 0.226 e. The van der Waals surface area contributed by atoms with Crippen LogP contribution in [0.15, 0.2) is 61.1 Å². The summed E-state index contributed by atoms with van der Waals surface area (Å²) < 4.78 is 17.2. The van der Waals surface area contributed by atoms with Crippen LogP contribution in [0.1, 0.15) is 17.5 Å². The molecule has 0 aliphatic carbocycles. The summed E-state index contributed by atoms with van der Waals surface area (Å²) in [5.41, 5.74) is 3.32. The normalized spacial score (nSPS) is 11.1. The molecular formula is C21H20FN5O. The predicted octanol–water partition coefficient (Wildman–Crippen LogP) is 3.76. The van der Waals surface area contributed by atoms with Crippen LogP contribution in [0.25, 0.3) is 10.9 Å². The Morgan fingerprint density at radius 2 is 2.00 bits per heavy atom. The van der Waals surface area contributed by atoms with E-state index in [9.17, 15) is 9.18 Å². The highest BCUT2D eigenvalue weighted by Gasteiger charge is 2.09. The van der Waals surface area contributed by atoms with Crippen molar-refractivity contribution in [2.45, 2.75) is 26.4 Å². The standard InChI is InChI=1S/C21H20FN5O/c1-15-6-7-20-17(10-15)11-24-27(20)9-8-21(28)25-18-12-23-26(14-18)13-16-4-2-3-5-19(16)22/h2-7,10-12,14H,8-9,13H2,1H3,(H,25,28). The number of benzene rings is 2. The molecule has 4 aromatic rings. The fraction of sp³-hybridized carbons (Fsp3) is 0.190. The number of halogens is 1. The number of fused-ring (bicyclic) bond motifs is 1. The molecule has 0 unspecified atom stereocenters. The number of aryl methyl sites for hydroxylation is 2. The van der Waals surface area contributed by atoms with E-state index in [2.05, 4.69) is 21.6 Å². The Hall–Kier alpha value is -3.48. The molecule has 7 heteroatoms. The molecule has 0 spiro atoms. The van der Waals surface area contributed by atoms with E-state index in [4.69, 9.17) is 0 Å². The van der Waals surface area contributed by atoms with E-state index < -0.39 is 0 Å². The Kier molecular flexibility index (Phi) is 4.89. The first-order valence-electron chi connectivity index (χ1n) is 9.06. The minimum atomic E-state index is -0.273. The van der Waals surface area contributed by atoms with Crippen molar-refractivity contribution in [3.05, 3.63) is 78.0 Å². The van der Waals surface area contributed by atoms with Crippen molar-refractivity contribution >= 4 is 22.5 Å². The number of amides is 1. The Morgan fingerprint density at radius 1 is 1.14 bits per heavy atom. The van der Waals surface area contributed by atoms with Gasteiger partial charge in [0.2, 0.25) is 5.91 Å². The number of carbonyl (C=O) groups is 1. The zero-order chi connectivity index (χ0) is 19.5. The van der Waals surface area contributed by atoms with Gasteiger partial charge in [-0.1, -0.05) is 29.8 Å². The van der Waals surface area contributed by atoms with E-state index in [-0.39, 0.29) is 11.7 Å². The Morgan fingerprint density at radius 3 is 2.86 bits per heavy atom. The van der Waals surface area contributed by atoms with E-state index in [1.165, 1.54) is 11.6 Å². The van der Waals surface area contributed by atoms with Crippen LogP contribution < -0.4 is 5.32 Å². The monoisotopic (exact) mass is 377 g/mol. The third-order valence-electron chi connectivity index (χ3n) is 4.56. The van der Waals surface area contributed by atoms with Crippen LogP contribution in [0.5, 0.6) is 0 Å². The summed E-state index contributed by atoms with van der Waals surface area (Å²) >= 11 is 0. The van der Waals surface area contributed by atoms with Crippen molar-refractivity contribution in [2.75, 3.05) is 5.32 Å². The van der Waals surface area contributed by atoms with E-state index >= 15 is 0 Å².